The van der Waals surface area contributed by atoms with Crippen LogP contribution in [0.15, 0.2) is 72.8 Å². The summed E-state index contributed by atoms with van der Waals surface area (Å²) in [5.74, 6) is 0.887. The van der Waals surface area contributed by atoms with Crippen LogP contribution in [0, 0.1) is 5.92 Å². The molecule has 0 fully saturated rings. The van der Waals surface area contributed by atoms with E-state index in [0.717, 1.165) is 17.7 Å². The number of nitrogens with one attached hydrogen (secondary N) is 1. The number of ether oxygens (including phenoxy) is 2. The van der Waals surface area contributed by atoms with Gasteiger partial charge in [0.25, 0.3) is 5.91 Å². The number of hydrogen-bond donors (Lipinski definition) is 2. The molecule has 0 radical (unpaired) electrons. The maximum atomic E-state index is 12.5. The van der Waals surface area contributed by atoms with Gasteiger partial charge in [0, 0.05) is 17.7 Å². The zero-order chi connectivity index (χ0) is 24.3. The lowest BCUT2D eigenvalue weighted by Gasteiger charge is -2.10. The van der Waals surface area contributed by atoms with Crippen LogP contribution in [0.1, 0.15) is 48.2 Å². The van der Waals surface area contributed by atoms with Gasteiger partial charge in [0.1, 0.15) is 18.1 Å². The summed E-state index contributed by atoms with van der Waals surface area (Å²) >= 11 is 0. The summed E-state index contributed by atoms with van der Waals surface area (Å²) in [6.45, 7) is 5.22. The van der Waals surface area contributed by atoms with Gasteiger partial charge in [0.05, 0.1) is 6.61 Å². The largest absolute Gasteiger partial charge is 0.494 e. The Labute approximate surface area is 200 Å². The standard InChI is InChI=1S/C28H31NO5/c1-20(2)18-21-5-7-22(8-6-21)19-34-26-15-11-24(12-16-26)29-28(32)23-9-13-25(14-10-23)33-17-3-4-27(30)31/h5-16,20H,3-4,17-19H2,1-2H3,(H,29,32)(H,30,31). The summed E-state index contributed by atoms with van der Waals surface area (Å²) in [5.41, 5.74) is 3.61. The highest BCUT2D eigenvalue weighted by atomic mass is 16.5. The molecule has 178 valence electrons. The van der Waals surface area contributed by atoms with Crippen molar-refractivity contribution in [1.29, 1.82) is 0 Å². The van der Waals surface area contributed by atoms with Crippen molar-refractivity contribution >= 4 is 17.6 Å². The van der Waals surface area contributed by atoms with E-state index in [1.54, 1.807) is 36.4 Å². The Morgan fingerprint density at radius 3 is 2.03 bits per heavy atom. The van der Waals surface area contributed by atoms with E-state index < -0.39 is 5.97 Å². The molecule has 6 heteroatoms. The van der Waals surface area contributed by atoms with Gasteiger partial charge in [-0.25, -0.2) is 0 Å². The van der Waals surface area contributed by atoms with Gasteiger partial charge in [-0.2, -0.15) is 0 Å². The third kappa shape index (κ3) is 8.28. The second kappa shape index (κ2) is 12.4. The molecule has 0 spiro atoms. The van der Waals surface area contributed by atoms with Crippen molar-refractivity contribution < 1.29 is 24.2 Å². The van der Waals surface area contributed by atoms with E-state index in [2.05, 4.69) is 43.4 Å². The molecule has 0 aromatic heterocycles. The van der Waals surface area contributed by atoms with Gasteiger partial charge in [0.15, 0.2) is 0 Å². The van der Waals surface area contributed by atoms with Gasteiger partial charge in [-0.15, -0.1) is 0 Å². The Morgan fingerprint density at radius 2 is 1.41 bits per heavy atom. The number of amides is 1. The van der Waals surface area contributed by atoms with Crippen molar-refractivity contribution in [3.63, 3.8) is 0 Å². The second-order valence-electron chi connectivity index (χ2n) is 8.55. The molecule has 3 aromatic rings. The van der Waals surface area contributed by atoms with Crippen molar-refractivity contribution in [2.45, 2.75) is 39.7 Å². The van der Waals surface area contributed by atoms with E-state index in [4.69, 9.17) is 14.6 Å². The maximum absolute atomic E-state index is 12.5. The summed E-state index contributed by atoms with van der Waals surface area (Å²) in [7, 11) is 0. The minimum atomic E-state index is -0.845. The van der Waals surface area contributed by atoms with Crippen molar-refractivity contribution in [2.75, 3.05) is 11.9 Å². The van der Waals surface area contributed by atoms with Crippen LogP contribution in [0.2, 0.25) is 0 Å². The highest BCUT2D eigenvalue weighted by Crippen LogP contribution is 2.19. The molecule has 0 atom stereocenters. The molecule has 0 bridgehead atoms. The average Bonchev–Trinajstić information content (AvgIpc) is 2.82. The number of benzene rings is 3. The van der Waals surface area contributed by atoms with E-state index in [9.17, 15) is 9.59 Å². The summed E-state index contributed by atoms with van der Waals surface area (Å²) < 4.78 is 11.4. The third-order valence-corrected chi connectivity index (χ3v) is 5.10. The molecule has 3 rings (SSSR count). The summed E-state index contributed by atoms with van der Waals surface area (Å²) in [4.78, 5) is 23.0. The van der Waals surface area contributed by atoms with Crippen LogP contribution < -0.4 is 14.8 Å². The lowest BCUT2D eigenvalue weighted by molar-refractivity contribution is -0.137. The Bertz CT molecular complexity index is 1060. The van der Waals surface area contributed by atoms with Crippen molar-refractivity contribution in [3.8, 4) is 11.5 Å². The minimum Gasteiger partial charge on any atom is -0.494 e. The van der Waals surface area contributed by atoms with Crippen LogP contribution in [-0.4, -0.2) is 23.6 Å². The van der Waals surface area contributed by atoms with Crippen LogP contribution >= 0.6 is 0 Å². The molecule has 0 saturated carbocycles. The molecular weight excluding hydrogens is 430 g/mol. The topological polar surface area (TPSA) is 84.9 Å². The smallest absolute Gasteiger partial charge is 0.303 e. The number of carbonyl (C=O) groups is 2. The highest BCUT2D eigenvalue weighted by Gasteiger charge is 2.07. The molecule has 0 saturated heterocycles. The predicted octanol–water partition coefficient (Wildman–Crippen LogP) is 5.96. The fraction of sp³-hybridized carbons (Fsp3) is 0.286. The number of carboxylic acids is 1. The lowest BCUT2D eigenvalue weighted by Crippen LogP contribution is -2.11. The summed E-state index contributed by atoms with van der Waals surface area (Å²) in [5, 5.41) is 11.5. The van der Waals surface area contributed by atoms with Gasteiger partial charge >= 0.3 is 5.97 Å². The van der Waals surface area contributed by atoms with E-state index in [1.165, 1.54) is 5.56 Å². The third-order valence-electron chi connectivity index (χ3n) is 5.10. The van der Waals surface area contributed by atoms with Crippen LogP contribution in [0.4, 0.5) is 5.69 Å². The molecule has 0 aliphatic carbocycles. The number of anilines is 1. The first kappa shape index (κ1) is 24.8. The minimum absolute atomic E-state index is 0.0653. The van der Waals surface area contributed by atoms with Crippen molar-refractivity contribution in [3.05, 3.63) is 89.5 Å². The number of rotatable bonds is 12. The van der Waals surface area contributed by atoms with Crippen LogP contribution in [-0.2, 0) is 17.8 Å². The number of hydrogen-bond acceptors (Lipinski definition) is 4. The fourth-order valence-electron chi connectivity index (χ4n) is 3.36. The normalized spacial score (nSPS) is 10.7. The summed E-state index contributed by atoms with van der Waals surface area (Å²) in [6.07, 6.45) is 1.57. The quantitative estimate of drug-likeness (QED) is 0.325. The maximum Gasteiger partial charge on any atom is 0.303 e. The monoisotopic (exact) mass is 461 g/mol. The van der Waals surface area contributed by atoms with Crippen LogP contribution in [0.3, 0.4) is 0 Å². The predicted molar refractivity (Wildman–Crippen MR) is 133 cm³/mol. The second-order valence-corrected chi connectivity index (χ2v) is 8.55. The van der Waals surface area contributed by atoms with Crippen LogP contribution in [0.25, 0.3) is 0 Å². The lowest BCUT2D eigenvalue weighted by atomic mass is 10.0. The molecule has 2 N–H and O–H groups in total. The van der Waals surface area contributed by atoms with Gasteiger partial charge in [0.2, 0.25) is 0 Å². The molecule has 0 heterocycles. The fourth-order valence-corrected chi connectivity index (χ4v) is 3.36. The first-order chi connectivity index (χ1) is 16.4. The zero-order valence-corrected chi connectivity index (χ0v) is 19.6. The zero-order valence-electron chi connectivity index (χ0n) is 19.6. The average molecular weight is 462 g/mol. The number of carbonyl (C=O) groups excluding carboxylic acids is 1. The van der Waals surface area contributed by atoms with Crippen LogP contribution in [0.5, 0.6) is 11.5 Å². The van der Waals surface area contributed by atoms with Crippen molar-refractivity contribution in [2.24, 2.45) is 5.92 Å². The first-order valence-corrected chi connectivity index (χ1v) is 11.5. The summed E-state index contributed by atoms with van der Waals surface area (Å²) in [6, 6.07) is 22.5. The molecule has 3 aromatic carbocycles. The SMILES string of the molecule is CC(C)Cc1ccc(COc2ccc(NC(=O)c3ccc(OCCCC(=O)O)cc3)cc2)cc1. The molecule has 1 amide bonds. The Kier molecular flexibility index (Phi) is 9.09. The van der Waals surface area contributed by atoms with E-state index in [0.29, 0.717) is 42.6 Å². The van der Waals surface area contributed by atoms with E-state index in [1.807, 2.05) is 12.1 Å². The highest BCUT2D eigenvalue weighted by molar-refractivity contribution is 6.04. The molecule has 0 aliphatic heterocycles. The van der Waals surface area contributed by atoms with Gasteiger partial charge < -0.3 is 19.9 Å². The van der Waals surface area contributed by atoms with Crippen molar-refractivity contribution in [1.82, 2.24) is 0 Å². The number of aliphatic carboxylic acids is 1. The molecule has 0 unspecified atom stereocenters. The molecule has 34 heavy (non-hydrogen) atoms. The first-order valence-electron chi connectivity index (χ1n) is 11.5. The molecule has 0 aliphatic rings. The molecule has 6 nitrogen and oxygen atoms in total. The molecular formula is C28H31NO5. The Hall–Kier alpha value is -3.80. The van der Waals surface area contributed by atoms with Gasteiger partial charge in [-0.3, -0.25) is 9.59 Å². The Morgan fingerprint density at radius 1 is 0.824 bits per heavy atom. The Balaban J connectivity index is 1.45. The van der Waals surface area contributed by atoms with Gasteiger partial charge in [-0.05, 0) is 78.4 Å². The van der Waals surface area contributed by atoms with Gasteiger partial charge in [-0.1, -0.05) is 38.1 Å². The number of carboxylic acid groups (broad SMARTS) is 1. The van der Waals surface area contributed by atoms with E-state index >= 15 is 0 Å². The van der Waals surface area contributed by atoms with E-state index in [-0.39, 0.29) is 12.3 Å².